The van der Waals surface area contributed by atoms with Crippen molar-refractivity contribution >= 4 is 0 Å². The van der Waals surface area contributed by atoms with E-state index in [-0.39, 0.29) is 0 Å². The van der Waals surface area contributed by atoms with Crippen molar-refractivity contribution in [3.05, 3.63) is 29.6 Å². The molecule has 1 aliphatic heterocycles. The molecule has 1 aromatic heterocycles. The number of nitrogens with zero attached hydrogens (tertiary/aromatic N) is 3. The molecule has 2 heterocycles. The number of rotatable bonds is 3. The maximum atomic E-state index is 8.95. The summed E-state index contributed by atoms with van der Waals surface area (Å²) in [6.45, 7) is 2.93. The lowest BCUT2D eigenvalue weighted by atomic mass is 10.1. The summed E-state index contributed by atoms with van der Waals surface area (Å²) in [5, 5.41) is 12.3. The van der Waals surface area contributed by atoms with E-state index >= 15 is 0 Å². The van der Waals surface area contributed by atoms with Crippen LogP contribution in [0.2, 0.25) is 0 Å². The number of nitriles is 1. The molecule has 0 spiro atoms. The summed E-state index contributed by atoms with van der Waals surface area (Å²) in [6.07, 6.45) is 2.85. The summed E-state index contributed by atoms with van der Waals surface area (Å²) in [4.78, 5) is 6.36. The number of hydrogen-bond donors (Lipinski definition) is 1. The summed E-state index contributed by atoms with van der Waals surface area (Å²) in [6, 6.07) is 6.58. The molecule has 4 heteroatoms. The number of pyridine rings is 1. The monoisotopic (exact) mass is 216 g/mol. The normalized spacial score (nSPS) is 19.9. The van der Waals surface area contributed by atoms with Crippen LogP contribution in [0.15, 0.2) is 18.3 Å². The van der Waals surface area contributed by atoms with Gasteiger partial charge >= 0.3 is 0 Å². The zero-order chi connectivity index (χ0) is 11.4. The predicted octanol–water partition coefficient (Wildman–Crippen LogP) is 0.747. The Morgan fingerprint density at radius 3 is 3.25 bits per heavy atom. The van der Waals surface area contributed by atoms with E-state index in [0.29, 0.717) is 11.7 Å². The Morgan fingerprint density at radius 1 is 1.69 bits per heavy atom. The van der Waals surface area contributed by atoms with Gasteiger partial charge in [0, 0.05) is 30.9 Å². The van der Waals surface area contributed by atoms with Gasteiger partial charge in [0.05, 0.1) is 0 Å². The molecule has 1 unspecified atom stereocenters. The van der Waals surface area contributed by atoms with Crippen molar-refractivity contribution in [2.75, 3.05) is 20.1 Å². The molecule has 0 aromatic carbocycles. The minimum atomic E-state index is 0.542. The van der Waals surface area contributed by atoms with Crippen molar-refractivity contribution in [3.8, 4) is 6.07 Å². The van der Waals surface area contributed by atoms with Crippen molar-refractivity contribution in [1.82, 2.24) is 15.2 Å². The molecule has 0 radical (unpaired) electrons. The van der Waals surface area contributed by atoms with E-state index < -0.39 is 0 Å². The van der Waals surface area contributed by atoms with E-state index in [1.54, 1.807) is 6.20 Å². The highest BCUT2D eigenvalue weighted by atomic mass is 15.2. The predicted molar refractivity (Wildman–Crippen MR) is 61.7 cm³/mol. The van der Waals surface area contributed by atoms with Gasteiger partial charge in [0.1, 0.15) is 11.8 Å². The molecule has 1 aromatic rings. The first-order chi connectivity index (χ1) is 7.81. The van der Waals surface area contributed by atoms with E-state index in [1.165, 1.54) is 6.42 Å². The summed E-state index contributed by atoms with van der Waals surface area (Å²) in [5.41, 5.74) is 1.56. The molecule has 0 aliphatic carbocycles. The number of nitrogens with one attached hydrogen (secondary N) is 1. The van der Waals surface area contributed by atoms with Crippen LogP contribution < -0.4 is 5.32 Å². The highest BCUT2D eigenvalue weighted by Crippen LogP contribution is 2.12. The van der Waals surface area contributed by atoms with Crippen LogP contribution in [0.3, 0.4) is 0 Å². The molecule has 16 heavy (non-hydrogen) atoms. The molecule has 0 bridgehead atoms. The fourth-order valence-corrected chi connectivity index (χ4v) is 2.08. The van der Waals surface area contributed by atoms with Gasteiger partial charge in [0.25, 0.3) is 0 Å². The second-order valence-corrected chi connectivity index (χ2v) is 4.18. The van der Waals surface area contributed by atoms with Gasteiger partial charge in [-0.3, -0.25) is 4.90 Å². The first-order valence-corrected chi connectivity index (χ1v) is 5.56. The Morgan fingerprint density at radius 2 is 2.56 bits per heavy atom. The Balaban J connectivity index is 2.05. The molecular weight excluding hydrogens is 200 g/mol. The molecule has 2 rings (SSSR count). The van der Waals surface area contributed by atoms with Crippen LogP contribution in [0.5, 0.6) is 0 Å². The number of hydrogen-bond acceptors (Lipinski definition) is 4. The van der Waals surface area contributed by atoms with Gasteiger partial charge in [0.15, 0.2) is 0 Å². The smallest absolute Gasteiger partial charge is 0.144 e. The van der Waals surface area contributed by atoms with Crippen LogP contribution in [0.4, 0.5) is 0 Å². The number of likely N-dealkylation sites (N-methyl/N-ethyl adjacent to an activating group) is 1. The summed E-state index contributed by atoms with van der Waals surface area (Å²) >= 11 is 0. The largest absolute Gasteiger partial charge is 0.315 e. The lowest BCUT2D eigenvalue weighted by molar-refractivity contribution is 0.248. The lowest BCUT2D eigenvalue weighted by Crippen LogP contribution is -2.33. The average Bonchev–Trinajstić information content (AvgIpc) is 2.83. The van der Waals surface area contributed by atoms with E-state index in [1.807, 2.05) is 12.1 Å². The molecule has 1 aliphatic rings. The van der Waals surface area contributed by atoms with E-state index in [9.17, 15) is 0 Å². The zero-order valence-corrected chi connectivity index (χ0v) is 9.48. The van der Waals surface area contributed by atoms with Gasteiger partial charge in [-0.1, -0.05) is 6.07 Å². The van der Waals surface area contributed by atoms with Crippen LogP contribution in [-0.2, 0) is 6.54 Å². The van der Waals surface area contributed by atoms with Crippen LogP contribution in [0.25, 0.3) is 0 Å². The Kier molecular flexibility index (Phi) is 3.50. The molecule has 0 amide bonds. The molecule has 1 atom stereocenters. The van der Waals surface area contributed by atoms with Crippen LogP contribution in [0.1, 0.15) is 17.7 Å². The van der Waals surface area contributed by atoms with E-state index in [2.05, 4.69) is 28.3 Å². The summed E-state index contributed by atoms with van der Waals surface area (Å²) < 4.78 is 0. The minimum absolute atomic E-state index is 0.542. The Bertz CT molecular complexity index is 390. The quantitative estimate of drug-likeness (QED) is 0.810. The second kappa shape index (κ2) is 5.06. The molecule has 1 saturated heterocycles. The zero-order valence-electron chi connectivity index (χ0n) is 9.48. The molecule has 1 fully saturated rings. The van der Waals surface area contributed by atoms with Gasteiger partial charge in [-0.05, 0) is 26.1 Å². The Hall–Kier alpha value is -1.44. The third-order valence-electron chi connectivity index (χ3n) is 3.07. The van der Waals surface area contributed by atoms with Crippen molar-refractivity contribution in [1.29, 1.82) is 5.26 Å². The highest BCUT2D eigenvalue weighted by Gasteiger charge is 2.19. The third kappa shape index (κ3) is 2.38. The topological polar surface area (TPSA) is 52.0 Å². The molecular formula is C12H16N4. The van der Waals surface area contributed by atoms with Crippen LogP contribution >= 0.6 is 0 Å². The standard InChI is InChI=1S/C12H16N4/c1-16(11-4-6-14-8-11)9-10-3-2-5-15-12(10)7-13/h2-3,5,11,14H,4,6,8-9H2,1H3. The van der Waals surface area contributed by atoms with Crippen LogP contribution in [-0.4, -0.2) is 36.1 Å². The van der Waals surface area contributed by atoms with Crippen molar-refractivity contribution in [2.24, 2.45) is 0 Å². The van der Waals surface area contributed by atoms with E-state index in [0.717, 1.165) is 25.2 Å². The Labute approximate surface area is 95.9 Å². The average molecular weight is 216 g/mol. The van der Waals surface area contributed by atoms with Gasteiger partial charge in [0.2, 0.25) is 0 Å². The molecule has 4 nitrogen and oxygen atoms in total. The SMILES string of the molecule is CN(Cc1cccnc1C#N)C1CCNC1. The van der Waals surface area contributed by atoms with Crippen molar-refractivity contribution in [3.63, 3.8) is 0 Å². The number of aromatic nitrogens is 1. The van der Waals surface area contributed by atoms with E-state index in [4.69, 9.17) is 5.26 Å². The third-order valence-corrected chi connectivity index (χ3v) is 3.07. The fourth-order valence-electron chi connectivity index (χ4n) is 2.08. The molecule has 84 valence electrons. The van der Waals surface area contributed by atoms with Gasteiger partial charge in [-0.25, -0.2) is 4.98 Å². The molecule has 0 saturated carbocycles. The lowest BCUT2D eigenvalue weighted by Gasteiger charge is -2.23. The maximum absolute atomic E-state index is 8.95. The maximum Gasteiger partial charge on any atom is 0.144 e. The first kappa shape index (κ1) is 11.1. The molecule has 1 N–H and O–H groups in total. The highest BCUT2D eigenvalue weighted by molar-refractivity contribution is 5.30. The summed E-state index contributed by atoms with van der Waals surface area (Å²) in [7, 11) is 2.10. The van der Waals surface area contributed by atoms with Crippen molar-refractivity contribution in [2.45, 2.75) is 19.0 Å². The first-order valence-electron chi connectivity index (χ1n) is 5.56. The van der Waals surface area contributed by atoms with Gasteiger partial charge < -0.3 is 5.32 Å². The summed E-state index contributed by atoms with van der Waals surface area (Å²) in [5.74, 6) is 0. The fraction of sp³-hybridized carbons (Fsp3) is 0.500. The van der Waals surface area contributed by atoms with Crippen LogP contribution in [0, 0.1) is 11.3 Å². The van der Waals surface area contributed by atoms with Crippen molar-refractivity contribution < 1.29 is 0 Å². The minimum Gasteiger partial charge on any atom is -0.315 e. The van der Waals surface area contributed by atoms with Gasteiger partial charge in [-0.2, -0.15) is 5.26 Å². The van der Waals surface area contributed by atoms with Gasteiger partial charge in [-0.15, -0.1) is 0 Å². The second-order valence-electron chi connectivity index (χ2n) is 4.18.